The summed E-state index contributed by atoms with van der Waals surface area (Å²) in [5, 5.41) is 13.9. The number of hydrogen-bond donors (Lipinski definition) is 1. The van der Waals surface area contributed by atoms with E-state index >= 15 is 0 Å². The maximum Gasteiger partial charge on any atom is 0.328 e. The average Bonchev–Trinajstić information content (AvgIpc) is 2.44. The number of nitro groups is 1. The van der Waals surface area contributed by atoms with Gasteiger partial charge in [-0.15, -0.1) is 0 Å². The van der Waals surface area contributed by atoms with Crippen LogP contribution >= 0.6 is 0 Å². The second kappa shape index (κ2) is 7.47. The number of ether oxygens (including phenoxy) is 2. The normalized spacial score (nSPS) is 11.9. The molecule has 1 atom stereocenters. The van der Waals surface area contributed by atoms with Gasteiger partial charge in [-0.05, 0) is 18.9 Å². The Balaban J connectivity index is 3.05. The lowest BCUT2D eigenvalue weighted by molar-refractivity contribution is -0.385. The summed E-state index contributed by atoms with van der Waals surface area (Å²) in [6.45, 7) is 5.82. The minimum Gasteiger partial charge on any atom is -0.487 e. The highest BCUT2D eigenvalue weighted by Gasteiger charge is 2.24. The van der Waals surface area contributed by atoms with Gasteiger partial charge in [0, 0.05) is 17.8 Å². The van der Waals surface area contributed by atoms with Gasteiger partial charge < -0.3 is 14.8 Å². The van der Waals surface area contributed by atoms with Crippen LogP contribution in [-0.4, -0.2) is 30.7 Å². The van der Waals surface area contributed by atoms with Gasteiger partial charge in [0.1, 0.15) is 6.04 Å². The highest BCUT2D eigenvalue weighted by Crippen LogP contribution is 2.30. The number of hydrogen-bond acceptors (Lipinski definition) is 6. The van der Waals surface area contributed by atoms with E-state index in [4.69, 9.17) is 9.47 Å². The van der Waals surface area contributed by atoms with Crippen LogP contribution < -0.4 is 10.1 Å². The monoisotopic (exact) mass is 296 g/mol. The highest BCUT2D eigenvalue weighted by atomic mass is 16.6. The van der Waals surface area contributed by atoms with Crippen molar-refractivity contribution in [3.05, 3.63) is 28.3 Å². The molecule has 0 aliphatic carbocycles. The third-order valence-corrected chi connectivity index (χ3v) is 2.90. The van der Waals surface area contributed by atoms with Gasteiger partial charge in [0.15, 0.2) is 5.75 Å². The molecule has 0 aliphatic rings. The van der Waals surface area contributed by atoms with Crippen molar-refractivity contribution in [1.82, 2.24) is 0 Å². The molecule has 21 heavy (non-hydrogen) atoms. The fourth-order valence-electron chi connectivity index (χ4n) is 1.83. The van der Waals surface area contributed by atoms with E-state index in [1.807, 2.05) is 13.8 Å². The van der Waals surface area contributed by atoms with E-state index in [0.717, 1.165) is 0 Å². The van der Waals surface area contributed by atoms with Crippen LogP contribution in [0.4, 0.5) is 11.4 Å². The number of benzene rings is 1. The van der Waals surface area contributed by atoms with Gasteiger partial charge in [0.05, 0.1) is 18.6 Å². The minimum absolute atomic E-state index is 0.00295. The molecule has 0 aliphatic heterocycles. The summed E-state index contributed by atoms with van der Waals surface area (Å²) in [7, 11) is 1.32. The van der Waals surface area contributed by atoms with Gasteiger partial charge in [-0.25, -0.2) is 4.79 Å². The van der Waals surface area contributed by atoms with Crippen molar-refractivity contribution in [2.75, 3.05) is 19.0 Å². The molecule has 1 unspecified atom stereocenters. The fourth-order valence-corrected chi connectivity index (χ4v) is 1.83. The van der Waals surface area contributed by atoms with E-state index in [1.165, 1.54) is 19.2 Å². The van der Waals surface area contributed by atoms with Gasteiger partial charge >= 0.3 is 11.7 Å². The van der Waals surface area contributed by atoms with Crippen LogP contribution in [0.5, 0.6) is 5.75 Å². The Hall–Kier alpha value is -2.31. The van der Waals surface area contributed by atoms with Crippen LogP contribution in [0.2, 0.25) is 0 Å². The van der Waals surface area contributed by atoms with Crippen LogP contribution in [0, 0.1) is 16.0 Å². The molecule has 0 radical (unpaired) electrons. The van der Waals surface area contributed by atoms with Crippen molar-refractivity contribution in [2.45, 2.75) is 26.8 Å². The van der Waals surface area contributed by atoms with Crippen molar-refractivity contribution < 1.29 is 19.2 Å². The van der Waals surface area contributed by atoms with Crippen molar-refractivity contribution >= 4 is 17.3 Å². The summed E-state index contributed by atoms with van der Waals surface area (Å²) in [5.74, 6) is -0.218. The number of nitro benzene ring substituents is 1. The lowest BCUT2D eigenvalue weighted by Crippen LogP contribution is -2.35. The van der Waals surface area contributed by atoms with Crippen molar-refractivity contribution in [3.63, 3.8) is 0 Å². The molecule has 1 N–H and O–H groups in total. The molecule has 1 rings (SSSR count). The Morgan fingerprint density at radius 1 is 1.43 bits per heavy atom. The zero-order chi connectivity index (χ0) is 16.0. The van der Waals surface area contributed by atoms with E-state index < -0.39 is 11.0 Å². The topological polar surface area (TPSA) is 90.7 Å². The zero-order valence-corrected chi connectivity index (χ0v) is 12.6. The Morgan fingerprint density at radius 2 is 2.10 bits per heavy atom. The van der Waals surface area contributed by atoms with Gasteiger partial charge in [-0.1, -0.05) is 13.8 Å². The van der Waals surface area contributed by atoms with Gasteiger partial charge in [-0.3, -0.25) is 10.1 Å². The lowest BCUT2D eigenvalue weighted by Gasteiger charge is -2.21. The Kier molecular flexibility index (Phi) is 5.95. The average molecular weight is 296 g/mol. The first-order valence-corrected chi connectivity index (χ1v) is 6.66. The van der Waals surface area contributed by atoms with Gasteiger partial charge in [0.25, 0.3) is 0 Å². The number of carbonyl (C=O) groups excluding carboxylic acids is 1. The summed E-state index contributed by atoms with van der Waals surface area (Å²) in [6.07, 6.45) is 0. The number of rotatable bonds is 7. The number of carbonyl (C=O) groups is 1. The van der Waals surface area contributed by atoms with Gasteiger partial charge in [0.2, 0.25) is 0 Å². The third kappa shape index (κ3) is 4.34. The molecular formula is C14H20N2O5. The zero-order valence-electron chi connectivity index (χ0n) is 12.6. The fraction of sp³-hybridized carbons (Fsp3) is 0.500. The van der Waals surface area contributed by atoms with Crippen molar-refractivity contribution in [3.8, 4) is 5.75 Å². The van der Waals surface area contributed by atoms with Crippen LogP contribution in [0.3, 0.4) is 0 Å². The van der Waals surface area contributed by atoms with Gasteiger partial charge in [-0.2, -0.15) is 0 Å². The molecule has 0 heterocycles. The predicted molar refractivity (Wildman–Crippen MR) is 78.5 cm³/mol. The summed E-state index contributed by atoms with van der Waals surface area (Å²) in [6, 6.07) is 3.87. The SMILES string of the molecule is CCOc1cc(NC(C(=O)OC)C(C)C)ccc1[N+](=O)[O-]. The molecule has 116 valence electrons. The third-order valence-electron chi connectivity index (χ3n) is 2.90. The summed E-state index contributed by atoms with van der Waals surface area (Å²) in [5.41, 5.74) is 0.453. The molecule has 0 bridgehead atoms. The Morgan fingerprint density at radius 3 is 2.57 bits per heavy atom. The first kappa shape index (κ1) is 16.7. The van der Waals surface area contributed by atoms with E-state index in [0.29, 0.717) is 12.3 Å². The Labute approximate surface area is 123 Å². The number of esters is 1. The van der Waals surface area contributed by atoms with Crippen LogP contribution in [0.25, 0.3) is 0 Å². The van der Waals surface area contributed by atoms with E-state index in [2.05, 4.69) is 5.32 Å². The smallest absolute Gasteiger partial charge is 0.328 e. The molecule has 0 saturated carbocycles. The number of nitrogens with zero attached hydrogens (tertiary/aromatic N) is 1. The maximum atomic E-state index is 11.7. The molecule has 1 aromatic carbocycles. The molecule has 7 nitrogen and oxygen atoms in total. The summed E-state index contributed by atoms with van der Waals surface area (Å²) < 4.78 is 10.0. The quantitative estimate of drug-likeness (QED) is 0.472. The number of anilines is 1. The molecule has 0 fully saturated rings. The lowest BCUT2D eigenvalue weighted by atomic mass is 10.0. The number of nitrogens with one attached hydrogen (secondary N) is 1. The maximum absolute atomic E-state index is 11.7. The molecule has 1 aromatic rings. The summed E-state index contributed by atoms with van der Waals surface area (Å²) in [4.78, 5) is 22.1. The molecule has 0 amide bonds. The number of methoxy groups -OCH3 is 1. The van der Waals surface area contributed by atoms with Crippen molar-refractivity contribution in [1.29, 1.82) is 0 Å². The van der Waals surface area contributed by atoms with Crippen LogP contribution in [0.15, 0.2) is 18.2 Å². The largest absolute Gasteiger partial charge is 0.487 e. The molecular weight excluding hydrogens is 276 g/mol. The highest BCUT2D eigenvalue weighted by molar-refractivity contribution is 5.79. The second-order valence-electron chi connectivity index (χ2n) is 4.76. The molecule has 0 aromatic heterocycles. The van der Waals surface area contributed by atoms with E-state index in [-0.39, 0.29) is 23.3 Å². The second-order valence-corrected chi connectivity index (χ2v) is 4.76. The first-order chi connectivity index (χ1) is 9.90. The molecule has 7 heteroatoms. The first-order valence-electron chi connectivity index (χ1n) is 6.66. The van der Waals surface area contributed by atoms with E-state index in [9.17, 15) is 14.9 Å². The Bertz CT molecular complexity index is 516. The summed E-state index contributed by atoms with van der Waals surface area (Å²) >= 11 is 0. The molecule has 0 saturated heterocycles. The molecule has 0 spiro atoms. The standard InChI is InChI=1S/C14H20N2O5/c1-5-21-12-8-10(6-7-11(12)16(18)19)15-13(9(2)3)14(17)20-4/h6-9,13,15H,5H2,1-4H3. The predicted octanol–water partition coefficient (Wildman–Crippen LogP) is 2.60. The van der Waals surface area contributed by atoms with Crippen LogP contribution in [-0.2, 0) is 9.53 Å². The minimum atomic E-state index is -0.536. The van der Waals surface area contributed by atoms with Crippen LogP contribution in [0.1, 0.15) is 20.8 Å². The van der Waals surface area contributed by atoms with Crippen molar-refractivity contribution in [2.24, 2.45) is 5.92 Å². The van der Waals surface area contributed by atoms with E-state index in [1.54, 1.807) is 13.0 Å².